The van der Waals surface area contributed by atoms with Gasteiger partial charge in [0.2, 0.25) is 0 Å². The molecule has 0 aliphatic rings. The van der Waals surface area contributed by atoms with Crippen molar-refractivity contribution in [2.24, 2.45) is 5.92 Å². The Labute approximate surface area is 115 Å². The first-order valence-corrected chi connectivity index (χ1v) is 6.26. The summed E-state index contributed by atoms with van der Waals surface area (Å²) in [5, 5.41) is 9.14. The molecule has 0 aliphatic carbocycles. The van der Waals surface area contributed by atoms with Gasteiger partial charge in [0.1, 0.15) is 0 Å². The number of amides is 1. The number of halogens is 2. The number of benzene rings is 1. The highest BCUT2D eigenvalue weighted by Crippen LogP contribution is 2.14. The molecule has 0 bridgehead atoms. The molecule has 106 valence electrons. The van der Waals surface area contributed by atoms with Crippen molar-refractivity contribution in [1.29, 1.82) is 0 Å². The Balaban J connectivity index is 2.07. The average molecular weight is 279 g/mol. The Kier molecular flexibility index (Phi) is 4.12. The highest BCUT2D eigenvalue weighted by atomic mass is 19.2. The number of hydrogen-bond donors (Lipinski definition) is 2. The summed E-state index contributed by atoms with van der Waals surface area (Å²) < 4.78 is 25.8. The number of hydrogen-bond acceptors (Lipinski definition) is 2. The summed E-state index contributed by atoms with van der Waals surface area (Å²) >= 11 is 0. The van der Waals surface area contributed by atoms with Crippen LogP contribution in [0.5, 0.6) is 0 Å². The number of H-pyrrole nitrogens is 1. The number of anilines is 1. The van der Waals surface area contributed by atoms with Gasteiger partial charge < -0.3 is 5.32 Å². The third-order valence-corrected chi connectivity index (χ3v) is 2.67. The van der Waals surface area contributed by atoms with Crippen molar-refractivity contribution in [2.75, 3.05) is 5.32 Å². The smallest absolute Gasteiger partial charge is 0.276 e. The SMILES string of the molecule is CC(C)Cc1cc(C(=O)Nc2ccc(F)c(F)c2)n[nH]1. The van der Waals surface area contributed by atoms with Crippen LogP contribution in [0, 0.1) is 17.6 Å². The Hall–Kier alpha value is -2.24. The molecule has 2 aromatic rings. The second-order valence-corrected chi connectivity index (χ2v) is 4.96. The molecule has 4 nitrogen and oxygen atoms in total. The van der Waals surface area contributed by atoms with Gasteiger partial charge >= 0.3 is 0 Å². The van der Waals surface area contributed by atoms with Crippen molar-refractivity contribution >= 4 is 11.6 Å². The quantitative estimate of drug-likeness (QED) is 0.903. The highest BCUT2D eigenvalue weighted by molar-refractivity contribution is 6.02. The molecule has 0 saturated heterocycles. The molecule has 1 aromatic carbocycles. The molecule has 2 rings (SSSR count). The second-order valence-electron chi connectivity index (χ2n) is 4.96. The van der Waals surface area contributed by atoms with E-state index in [0.29, 0.717) is 5.92 Å². The van der Waals surface area contributed by atoms with Gasteiger partial charge in [-0.15, -0.1) is 0 Å². The lowest BCUT2D eigenvalue weighted by atomic mass is 10.1. The van der Waals surface area contributed by atoms with Crippen molar-refractivity contribution in [3.8, 4) is 0 Å². The fourth-order valence-electron chi connectivity index (χ4n) is 1.79. The molecule has 0 aliphatic heterocycles. The maximum absolute atomic E-state index is 13.0. The molecule has 1 heterocycles. The molecule has 6 heteroatoms. The van der Waals surface area contributed by atoms with E-state index in [1.54, 1.807) is 6.07 Å². The van der Waals surface area contributed by atoms with Gasteiger partial charge in [-0.2, -0.15) is 5.10 Å². The van der Waals surface area contributed by atoms with Crippen LogP contribution in [-0.4, -0.2) is 16.1 Å². The topological polar surface area (TPSA) is 57.8 Å². The number of nitrogens with zero attached hydrogens (tertiary/aromatic N) is 1. The van der Waals surface area contributed by atoms with E-state index in [1.807, 2.05) is 0 Å². The van der Waals surface area contributed by atoms with Crippen LogP contribution < -0.4 is 5.32 Å². The second kappa shape index (κ2) is 5.81. The molecule has 20 heavy (non-hydrogen) atoms. The summed E-state index contributed by atoms with van der Waals surface area (Å²) in [7, 11) is 0. The lowest BCUT2D eigenvalue weighted by Crippen LogP contribution is -2.12. The number of aromatic amines is 1. The van der Waals surface area contributed by atoms with Gasteiger partial charge in [-0.3, -0.25) is 9.89 Å². The molecule has 1 aromatic heterocycles. The third-order valence-electron chi connectivity index (χ3n) is 2.67. The van der Waals surface area contributed by atoms with Gasteiger partial charge in [0.25, 0.3) is 5.91 Å². The Bertz CT molecular complexity index is 623. The Morgan fingerprint density at radius 2 is 2.05 bits per heavy atom. The minimum atomic E-state index is -1.01. The summed E-state index contributed by atoms with van der Waals surface area (Å²) in [4.78, 5) is 11.9. The zero-order valence-electron chi connectivity index (χ0n) is 11.2. The number of rotatable bonds is 4. The fourth-order valence-corrected chi connectivity index (χ4v) is 1.79. The fraction of sp³-hybridized carbons (Fsp3) is 0.286. The van der Waals surface area contributed by atoms with E-state index < -0.39 is 17.5 Å². The van der Waals surface area contributed by atoms with E-state index in [0.717, 1.165) is 24.2 Å². The van der Waals surface area contributed by atoms with Crippen LogP contribution in [0.25, 0.3) is 0 Å². The minimum Gasteiger partial charge on any atom is -0.320 e. The van der Waals surface area contributed by atoms with E-state index in [9.17, 15) is 13.6 Å². The van der Waals surface area contributed by atoms with Gasteiger partial charge in [0, 0.05) is 17.4 Å². The number of nitrogens with one attached hydrogen (secondary N) is 2. The minimum absolute atomic E-state index is 0.183. The van der Waals surface area contributed by atoms with Gasteiger partial charge in [0.05, 0.1) is 0 Å². The number of carbonyl (C=O) groups is 1. The van der Waals surface area contributed by atoms with E-state index >= 15 is 0 Å². The first-order valence-electron chi connectivity index (χ1n) is 6.26. The van der Waals surface area contributed by atoms with Crippen molar-refractivity contribution in [3.63, 3.8) is 0 Å². The van der Waals surface area contributed by atoms with Crippen molar-refractivity contribution in [2.45, 2.75) is 20.3 Å². The molecule has 0 fully saturated rings. The van der Waals surface area contributed by atoms with E-state index in [1.165, 1.54) is 6.07 Å². The molecule has 0 spiro atoms. The van der Waals surface area contributed by atoms with Crippen molar-refractivity contribution < 1.29 is 13.6 Å². The standard InChI is InChI=1S/C14H15F2N3O/c1-8(2)5-10-7-13(19-18-10)14(20)17-9-3-4-11(15)12(16)6-9/h3-4,6-8H,5H2,1-2H3,(H,17,20)(H,18,19). The van der Waals surface area contributed by atoms with E-state index in [-0.39, 0.29) is 11.4 Å². The van der Waals surface area contributed by atoms with Crippen molar-refractivity contribution in [3.05, 3.63) is 47.3 Å². The zero-order valence-corrected chi connectivity index (χ0v) is 11.2. The van der Waals surface area contributed by atoms with Crippen LogP contribution in [0.2, 0.25) is 0 Å². The summed E-state index contributed by atoms with van der Waals surface area (Å²) in [5.74, 6) is -1.99. The molecular formula is C14H15F2N3O. The van der Waals surface area contributed by atoms with Gasteiger partial charge in [0.15, 0.2) is 17.3 Å². The lowest BCUT2D eigenvalue weighted by molar-refractivity contribution is 0.102. The number of carbonyl (C=O) groups excluding carboxylic acids is 1. The molecular weight excluding hydrogens is 264 g/mol. The molecule has 2 N–H and O–H groups in total. The number of aromatic nitrogens is 2. The van der Waals surface area contributed by atoms with E-state index in [2.05, 4.69) is 29.4 Å². The predicted molar refractivity (Wildman–Crippen MR) is 71.4 cm³/mol. The van der Waals surface area contributed by atoms with Crippen LogP contribution in [0.15, 0.2) is 24.3 Å². The molecule has 0 unspecified atom stereocenters. The molecule has 0 atom stereocenters. The van der Waals surface area contributed by atoms with Gasteiger partial charge in [-0.05, 0) is 30.5 Å². The van der Waals surface area contributed by atoms with Crippen LogP contribution in [-0.2, 0) is 6.42 Å². The van der Waals surface area contributed by atoms with Crippen LogP contribution >= 0.6 is 0 Å². The normalized spacial score (nSPS) is 10.8. The maximum Gasteiger partial charge on any atom is 0.276 e. The predicted octanol–water partition coefficient (Wildman–Crippen LogP) is 3.14. The Morgan fingerprint density at radius 3 is 2.70 bits per heavy atom. The van der Waals surface area contributed by atoms with Gasteiger partial charge in [-0.1, -0.05) is 13.8 Å². The largest absolute Gasteiger partial charge is 0.320 e. The first-order chi connectivity index (χ1) is 9.45. The first kappa shape index (κ1) is 14.2. The summed E-state index contributed by atoms with van der Waals surface area (Å²) in [6, 6.07) is 4.82. The van der Waals surface area contributed by atoms with Gasteiger partial charge in [-0.25, -0.2) is 8.78 Å². The van der Waals surface area contributed by atoms with E-state index in [4.69, 9.17) is 0 Å². The monoisotopic (exact) mass is 279 g/mol. The summed E-state index contributed by atoms with van der Waals surface area (Å²) in [6.07, 6.45) is 0.783. The zero-order chi connectivity index (χ0) is 14.7. The highest BCUT2D eigenvalue weighted by Gasteiger charge is 2.12. The van der Waals surface area contributed by atoms with Crippen LogP contribution in [0.4, 0.5) is 14.5 Å². The molecule has 0 saturated carbocycles. The van der Waals surface area contributed by atoms with Crippen molar-refractivity contribution in [1.82, 2.24) is 10.2 Å². The third kappa shape index (κ3) is 3.40. The summed E-state index contributed by atoms with van der Waals surface area (Å²) in [6.45, 7) is 4.11. The van der Waals surface area contributed by atoms with Crippen LogP contribution in [0.1, 0.15) is 30.0 Å². The van der Waals surface area contributed by atoms with Crippen LogP contribution in [0.3, 0.4) is 0 Å². The summed E-state index contributed by atoms with van der Waals surface area (Å²) in [5.41, 5.74) is 1.25. The average Bonchev–Trinajstić information content (AvgIpc) is 2.81. The lowest BCUT2D eigenvalue weighted by Gasteiger charge is -2.03. The molecule has 0 radical (unpaired) electrons. The Morgan fingerprint density at radius 1 is 1.30 bits per heavy atom. The maximum atomic E-state index is 13.0. The molecule has 1 amide bonds.